The molecule has 0 saturated heterocycles. The lowest BCUT2D eigenvalue weighted by molar-refractivity contribution is 0.289. The highest BCUT2D eigenvalue weighted by Gasteiger charge is 2.04. The van der Waals surface area contributed by atoms with Gasteiger partial charge in [-0.1, -0.05) is 72.4 Å². The van der Waals surface area contributed by atoms with Crippen LogP contribution in [0.4, 0.5) is 0 Å². The Bertz CT molecular complexity index is 945. The van der Waals surface area contributed by atoms with Crippen molar-refractivity contribution in [3.05, 3.63) is 95.6 Å². The fourth-order valence-electron chi connectivity index (χ4n) is 2.37. The molecule has 3 N–H and O–H groups in total. The Hall–Kier alpha value is -3.25. The maximum Gasteiger partial charge on any atom is 0.180 e. The van der Waals surface area contributed by atoms with E-state index in [4.69, 9.17) is 10.5 Å². The van der Waals surface area contributed by atoms with Crippen LogP contribution in [-0.4, -0.2) is 16.5 Å². The number of aromatic hydroxyl groups is 1. The number of hydrogen-bond acceptors (Lipinski definition) is 5. The molecule has 3 aromatic carbocycles. The van der Waals surface area contributed by atoms with Gasteiger partial charge in [-0.15, -0.1) is 5.10 Å². The van der Waals surface area contributed by atoms with Crippen LogP contribution in [0, 0.1) is 0 Å². The first-order chi connectivity index (χ1) is 13.7. The molecular weight excluding hydrogens is 370 g/mol. The molecule has 0 aliphatic carbocycles. The van der Waals surface area contributed by atoms with Crippen molar-refractivity contribution in [2.75, 3.05) is 0 Å². The molecule has 6 heteroatoms. The summed E-state index contributed by atoms with van der Waals surface area (Å²) >= 11 is 1.43. The summed E-state index contributed by atoms with van der Waals surface area (Å²) in [7, 11) is 0. The van der Waals surface area contributed by atoms with Gasteiger partial charge in [0.2, 0.25) is 0 Å². The summed E-state index contributed by atoms with van der Waals surface area (Å²) < 4.78 is 5.70. The Kier molecular flexibility index (Phi) is 7.09. The minimum atomic E-state index is 0.0783. The van der Waals surface area contributed by atoms with Crippen molar-refractivity contribution in [1.29, 1.82) is 0 Å². The van der Waals surface area contributed by atoms with Crippen molar-refractivity contribution >= 4 is 23.1 Å². The summed E-state index contributed by atoms with van der Waals surface area (Å²) in [6, 6.07) is 24.8. The van der Waals surface area contributed by atoms with E-state index in [-0.39, 0.29) is 5.75 Å². The van der Waals surface area contributed by atoms with Gasteiger partial charge in [-0.25, -0.2) is 0 Å². The van der Waals surface area contributed by atoms with Crippen molar-refractivity contribution in [2.24, 2.45) is 15.9 Å². The van der Waals surface area contributed by atoms with Gasteiger partial charge in [0.05, 0.1) is 6.21 Å². The Morgan fingerprint density at radius 3 is 2.36 bits per heavy atom. The van der Waals surface area contributed by atoms with Crippen LogP contribution < -0.4 is 10.5 Å². The fraction of sp³-hybridized carbons (Fsp3) is 0.0909. The number of thioether (sulfide) groups is 1. The molecule has 0 aromatic heterocycles. The van der Waals surface area contributed by atoms with E-state index in [1.54, 1.807) is 24.4 Å². The predicted octanol–water partition coefficient (Wildman–Crippen LogP) is 4.55. The third kappa shape index (κ3) is 6.17. The third-order valence-corrected chi connectivity index (χ3v) is 4.67. The topological polar surface area (TPSA) is 80.2 Å². The zero-order valence-electron chi connectivity index (χ0n) is 15.2. The number of nitrogens with zero attached hydrogens (tertiary/aromatic N) is 2. The first-order valence-corrected chi connectivity index (χ1v) is 9.72. The van der Waals surface area contributed by atoms with Crippen LogP contribution in [-0.2, 0) is 12.4 Å². The molecule has 0 spiro atoms. The van der Waals surface area contributed by atoms with E-state index in [2.05, 4.69) is 10.2 Å². The van der Waals surface area contributed by atoms with Crippen LogP contribution in [0.15, 0.2) is 89.1 Å². The van der Waals surface area contributed by atoms with Crippen LogP contribution in [0.3, 0.4) is 0 Å². The lowest BCUT2D eigenvalue weighted by atomic mass is 10.2. The summed E-state index contributed by atoms with van der Waals surface area (Å²) in [5.74, 6) is 1.21. The lowest BCUT2D eigenvalue weighted by Gasteiger charge is -2.08. The summed E-state index contributed by atoms with van der Waals surface area (Å²) in [4.78, 5) is 0. The minimum Gasteiger partial charge on any atom is -0.504 e. The number of phenolic OH excluding ortho intramolecular Hbond substituents is 1. The zero-order chi connectivity index (χ0) is 19.6. The first-order valence-electron chi connectivity index (χ1n) is 8.73. The smallest absolute Gasteiger partial charge is 0.180 e. The number of amidine groups is 1. The number of hydrogen-bond donors (Lipinski definition) is 2. The average molecular weight is 391 g/mol. The van der Waals surface area contributed by atoms with E-state index in [9.17, 15) is 5.11 Å². The molecule has 0 bridgehead atoms. The Morgan fingerprint density at radius 2 is 1.64 bits per heavy atom. The largest absolute Gasteiger partial charge is 0.504 e. The SMILES string of the molecule is NC(=NN=Cc1ccc(O)c(OCc2ccccc2)c1)SCc1ccccc1. The second kappa shape index (κ2) is 10.2. The fourth-order valence-corrected chi connectivity index (χ4v) is 2.99. The molecule has 0 unspecified atom stereocenters. The summed E-state index contributed by atoms with van der Waals surface area (Å²) in [6.07, 6.45) is 1.57. The molecular formula is C22H21N3O2S. The van der Waals surface area contributed by atoms with E-state index in [0.29, 0.717) is 17.5 Å². The molecule has 0 aliphatic heterocycles. The van der Waals surface area contributed by atoms with Gasteiger partial charge in [0.1, 0.15) is 6.61 Å². The standard InChI is InChI=1S/C22H21N3O2S/c23-22(28-16-18-9-5-2-6-10-18)25-24-14-19-11-12-20(26)21(13-19)27-15-17-7-3-1-4-8-17/h1-14,26H,15-16H2,(H2,23,25). The van der Waals surface area contributed by atoms with Crippen LogP contribution >= 0.6 is 11.8 Å². The minimum absolute atomic E-state index is 0.0783. The van der Waals surface area contributed by atoms with Gasteiger partial charge in [0.25, 0.3) is 0 Å². The lowest BCUT2D eigenvalue weighted by Crippen LogP contribution is -2.06. The predicted molar refractivity (Wildman–Crippen MR) is 116 cm³/mol. The van der Waals surface area contributed by atoms with E-state index in [1.165, 1.54) is 17.3 Å². The molecule has 3 rings (SSSR count). The molecule has 0 fully saturated rings. The molecule has 5 nitrogen and oxygen atoms in total. The second-order valence-electron chi connectivity index (χ2n) is 5.96. The highest BCUT2D eigenvalue weighted by molar-refractivity contribution is 8.13. The maximum atomic E-state index is 9.98. The van der Waals surface area contributed by atoms with E-state index in [0.717, 1.165) is 16.9 Å². The molecule has 28 heavy (non-hydrogen) atoms. The van der Waals surface area contributed by atoms with Crippen molar-refractivity contribution in [3.63, 3.8) is 0 Å². The van der Waals surface area contributed by atoms with E-state index < -0.39 is 0 Å². The molecule has 0 atom stereocenters. The van der Waals surface area contributed by atoms with Gasteiger partial charge in [-0.05, 0) is 34.9 Å². The van der Waals surface area contributed by atoms with Crippen molar-refractivity contribution in [3.8, 4) is 11.5 Å². The van der Waals surface area contributed by atoms with Gasteiger partial charge >= 0.3 is 0 Å². The maximum absolute atomic E-state index is 9.98. The highest BCUT2D eigenvalue weighted by atomic mass is 32.2. The Morgan fingerprint density at radius 1 is 0.964 bits per heavy atom. The van der Waals surface area contributed by atoms with Crippen molar-refractivity contribution in [1.82, 2.24) is 0 Å². The highest BCUT2D eigenvalue weighted by Crippen LogP contribution is 2.27. The Balaban J connectivity index is 1.57. The number of phenols is 1. The number of nitrogens with two attached hydrogens (primary N) is 1. The molecule has 0 aliphatic rings. The van der Waals surface area contributed by atoms with Crippen LogP contribution in [0.2, 0.25) is 0 Å². The Labute approximate surface area is 168 Å². The van der Waals surface area contributed by atoms with Crippen LogP contribution in [0.5, 0.6) is 11.5 Å². The van der Waals surface area contributed by atoms with Gasteiger partial charge in [-0.3, -0.25) is 0 Å². The summed E-state index contributed by atoms with van der Waals surface area (Å²) in [5, 5.41) is 18.4. The summed E-state index contributed by atoms with van der Waals surface area (Å²) in [5.41, 5.74) is 8.84. The van der Waals surface area contributed by atoms with Crippen molar-refractivity contribution in [2.45, 2.75) is 12.4 Å². The molecule has 0 heterocycles. The van der Waals surface area contributed by atoms with Crippen molar-refractivity contribution < 1.29 is 9.84 Å². The van der Waals surface area contributed by atoms with Crippen LogP contribution in [0.25, 0.3) is 0 Å². The molecule has 0 amide bonds. The molecule has 142 valence electrons. The molecule has 3 aromatic rings. The normalized spacial score (nSPS) is 11.6. The average Bonchev–Trinajstić information content (AvgIpc) is 2.74. The number of ether oxygens (including phenoxy) is 1. The quantitative estimate of drug-likeness (QED) is 0.352. The van der Waals surface area contributed by atoms with Gasteiger partial charge in [0, 0.05) is 5.75 Å². The first kappa shape index (κ1) is 19.5. The number of benzene rings is 3. The van der Waals surface area contributed by atoms with E-state index >= 15 is 0 Å². The second-order valence-corrected chi connectivity index (χ2v) is 6.95. The van der Waals surface area contributed by atoms with E-state index in [1.807, 2.05) is 60.7 Å². The monoisotopic (exact) mass is 391 g/mol. The molecule has 0 radical (unpaired) electrons. The number of rotatable bonds is 7. The van der Waals surface area contributed by atoms with Crippen LogP contribution in [0.1, 0.15) is 16.7 Å². The molecule has 0 saturated carbocycles. The third-order valence-electron chi connectivity index (χ3n) is 3.81. The van der Waals surface area contributed by atoms with Gasteiger partial charge < -0.3 is 15.6 Å². The zero-order valence-corrected chi connectivity index (χ0v) is 16.0. The van der Waals surface area contributed by atoms with Gasteiger partial charge in [0.15, 0.2) is 16.7 Å². The summed E-state index contributed by atoms with van der Waals surface area (Å²) in [6.45, 7) is 0.371. The van der Waals surface area contributed by atoms with Gasteiger partial charge in [-0.2, -0.15) is 5.10 Å².